The third-order valence-corrected chi connectivity index (χ3v) is 4.08. The van der Waals surface area contributed by atoms with E-state index in [1.165, 1.54) is 22.8 Å². The second kappa shape index (κ2) is 5.46. The molecular weight excluding hydrogens is 334 g/mol. The number of aromatic carboxylic acids is 1. The number of benzene rings is 2. The Labute approximate surface area is 146 Å². The van der Waals surface area contributed by atoms with E-state index < -0.39 is 11.7 Å². The number of para-hydroxylation sites is 2. The first kappa shape index (κ1) is 15.4. The minimum atomic E-state index is -1.25. The van der Waals surface area contributed by atoms with Crippen LogP contribution in [0.5, 0.6) is 5.75 Å². The molecule has 4 rings (SSSR count). The topological polar surface area (TPSA) is 138 Å². The summed E-state index contributed by atoms with van der Waals surface area (Å²) in [6.07, 6.45) is 0. The molecule has 2 aromatic carbocycles. The van der Waals surface area contributed by atoms with Crippen LogP contribution >= 0.6 is 0 Å². The fourth-order valence-corrected chi connectivity index (χ4v) is 2.87. The normalized spacial score (nSPS) is 10.9. The van der Waals surface area contributed by atoms with E-state index in [0.717, 1.165) is 0 Å². The first-order valence-corrected chi connectivity index (χ1v) is 7.54. The Bertz CT molecular complexity index is 1250. The zero-order valence-corrected chi connectivity index (χ0v) is 13.2. The van der Waals surface area contributed by atoms with Gasteiger partial charge in [0.25, 0.3) is 0 Å². The van der Waals surface area contributed by atoms with Crippen molar-refractivity contribution in [3.05, 3.63) is 53.6 Å². The van der Waals surface area contributed by atoms with Gasteiger partial charge < -0.3 is 15.9 Å². The molecule has 8 heteroatoms. The Morgan fingerprint density at radius 3 is 2.46 bits per heavy atom. The Hall–Kier alpha value is -4.12. The van der Waals surface area contributed by atoms with Crippen LogP contribution in [0.1, 0.15) is 15.9 Å². The highest BCUT2D eigenvalue weighted by Gasteiger charge is 2.21. The van der Waals surface area contributed by atoms with E-state index in [2.05, 4.69) is 9.97 Å². The number of aromatic hydroxyl groups is 1. The third kappa shape index (κ3) is 2.12. The predicted molar refractivity (Wildman–Crippen MR) is 94.1 cm³/mol. The van der Waals surface area contributed by atoms with Crippen LogP contribution in [0.25, 0.3) is 27.9 Å². The van der Waals surface area contributed by atoms with Gasteiger partial charge in [0.1, 0.15) is 34.3 Å². The number of carboxylic acid groups (broad SMARTS) is 1. The second-order valence-electron chi connectivity index (χ2n) is 5.60. The van der Waals surface area contributed by atoms with Crippen molar-refractivity contribution in [1.82, 2.24) is 14.5 Å². The molecule has 4 N–H and O–H groups in total. The number of nitrogens with zero attached hydrogens (tertiary/aromatic N) is 4. The van der Waals surface area contributed by atoms with Gasteiger partial charge >= 0.3 is 5.97 Å². The van der Waals surface area contributed by atoms with Crippen molar-refractivity contribution in [1.29, 1.82) is 5.26 Å². The maximum absolute atomic E-state index is 11.1. The first-order chi connectivity index (χ1) is 12.5. The van der Waals surface area contributed by atoms with Crippen molar-refractivity contribution in [2.75, 3.05) is 5.73 Å². The van der Waals surface area contributed by atoms with Gasteiger partial charge in [-0.2, -0.15) is 5.26 Å². The maximum Gasteiger partial charge on any atom is 0.339 e. The molecule has 0 unspecified atom stereocenters. The summed E-state index contributed by atoms with van der Waals surface area (Å²) >= 11 is 0. The molecule has 4 aromatic rings. The summed E-state index contributed by atoms with van der Waals surface area (Å²) in [5.41, 5.74) is 8.37. The lowest BCUT2D eigenvalue weighted by molar-refractivity contribution is 0.0694. The largest absolute Gasteiger partial charge is 0.507 e. The van der Waals surface area contributed by atoms with Gasteiger partial charge in [0.15, 0.2) is 5.65 Å². The Kier molecular flexibility index (Phi) is 3.24. The average Bonchev–Trinajstić information content (AvgIpc) is 2.89. The Morgan fingerprint density at radius 2 is 1.85 bits per heavy atom. The number of aromatic nitrogens is 3. The zero-order valence-electron chi connectivity index (χ0n) is 13.2. The van der Waals surface area contributed by atoms with Crippen molar-refractivity contribution in [3.8, 4) is 17.5 Å². The molecule has 26 heavy (non-hydrogen) atoms. The number of phenols is 1. The minimum absolute atomic E-state index is 0.111. The van der Waals surface area contributed by atoms with Crippen LogP contribution in [0.15, 0.2) is 42.5 Å². The summed E-state index contributed by atoms with van der Waals surface area (Å²) in [5, 5.41) is 28.5. The summed E-state index contributed by atoms with van der Waals surface area (Å²) in [6, 6.07) is 13.2. The van der Waals surface area contributed by atoms with Gasteiger partial charge in [0.2, 0.25) is 0 Å². The molecule has 126 valence electrons. The summed E-state index contributed by atoms with van der Waals surface area (Å²) in [7, 11) is 0. The van der Waals surface area contributed by atoms with Gasteiger partial charge in [-0.05, 0) is 24.3 Å². The average molecular weight is 345 g/mol. The summed E-state index contributed by atoms with van der Waals surface area (Å²) < 4.78 is 1.47. The lowest BCUT2D eigenvalue weighted by Gasteiger charge is -2.09. The van der Waals surface area contributed by atoms with E-state index in [4.69, 9.17) is 10.8 Å². The van der Waals surface area contributed by atoms with Crippen molar-refractivity contribution < 1.29 is 15.0 Å². The molecule has 0 spiro atoms. The summed E-state index contributed by atoms with van der Waals surface area (Å²) in [6.45, 7) is 0. The maximum atomic E-state index is 11.1. The van der Waals surface area contributed by atoms with E-state index in [1.54, 1.807) is 12.1 Å². The van der Waals surface area contributed by atoms with Gasteiger partial charge in [0.05, 0.1) is 16.7 Å². The van der Waals surface area contributed by atoms with E-state index in [1.807, 2.05) is 18.2 Å². The smallest absolute Gasteiger partial charge is 0.339 e. The van der Waals surface area contributed by atoms with Crippen molar-refractivity contribution in [2.45, 2.75) is 0 Å². The highest BCUT2D eigenvalue weighted by molar-refractivity contribution is 5.94. The van der Waals surface area contributed by atoms with Gasteiger partial charge in [-0.3, -0.25) is 4.57 Å². The fourth-order valence-electron chi connectivity index (χ4n) is 2.87. The lowest BCUT2D eigenvalue weighted by atomic mass is 10.2. The van der Waals surface area contributed by atoms with Gasteiger partial charge in [-0.25, -0.2) is 14.8 Å². The Morgan fingerprint density at radius 1 is 1.15 bits per heavy atom. The second-order valence-corrected chi connectivity index (χ2v) is 5.60. The highest BCUT2D eigenvalue weighted by Crippen LogP contribution is 2.32. The molecule has 0 saturated carbocycles. The van der Waals surface area contributed by atoms with E-state index >= 15 is 0 Å². The number of carboxylic acids is 1. The number of fused-ring (bicyclic) bond motifs is 2. The van der Waals surface area contributed by atoms with Crippen LogP contribution in [0.3, 0.4) is 0 Å². The van der Waals surface area contributed by atoms with E-state index in [0.29, 0.717) is 27.9 Å². The number of anilines is 1. The fraction of sp³-hybridized carbons (Fsp3) is 0. The van der Waals surface area contributed by atoms with Crippen molar-refractivity contribution >= 4 is 34.0 Å². The Balaban J connectivity index is 2.08. The molecule has 0 aliphatic rings. The van der Waals surface area contributed by atoms with Crippen LogP contribution in [0, 0.1) is 11.3 Å². The molecule has 0 amide bonds. The molecule has 0 atom stereocenters. The van der Waals surface area contributed by atoms with Gasteiger partial charge in [-0.1, -0.05) is 12.1 Å². The molecule has 2 heterocycles. The van der Waals surface area contributed by atoms with Crippen LogP contribution in [0.4, 0.5) is 5.82 Å². The number of hydrogen-bond donors (Lipinski definition) is 3. The SMILES string of the molecule is N#Cc1c(N)n(-c2ccc(C(=O)O)c(O)c2)c2nc3ccccc3nc12. The van der Waals surface area contributed by atoms with Crippen LogP contribution < -0.4 is 5.73 Å². The molecule has 0 fully saturated rings. The summed E-state index contributed by atoms with van der Waals surface area (Å²) in [4.78, 5) is 20.1. The molecule has 0 radical (unpaired) electrons. The predicted octanol–water partition coefficient (Wildman–Crippen LogP) is 2.43. The standard InChI is InChI=1S/C18H11N5O3/c19-8-11-15-17(22-13-4-2-1-3-12(13)21-15)23(16(11)20)9-5-6-10(18(25)26)14(24)7-9/h1-7,24H,20H2,(H,25,26). The monoisotopic (exact) mass is 345 g/mol. The minimum Gasteiger partial charge on any atom is -0.507 e. The summed E-state index contributed by atoms with van der Waals surface area (Å²) in [5.74, 6) is -1.55. The molecule has 8 nitrogen and oxygen atoms in total. The number of hydrogen-bond acceptors (Lipinski definition) is 6. The van der Waals surface area contributed by atoms with Gasteiger partial charge in [0, 0.05) is 6.07 Å². The third-order valence-electron chi connectivity index (χ3n) is 4.08. The number of nitriles is 1. The molecule has 0 saturated heterocycles. The van der Waals surface area contributed by atoms with E-state index in [9.17, 15) is 15.2 Å². The molecule has 0 aliphatic heterocycles. The van der Waals surface area contributed by atoms with Crippen molar-refractivity contribution in [2.24, 2.45) is 0 Å². The number of carbonyl (C=O) groups is 1. The number of nitrogen functional groups attached to an aromatic ring is 1. The molecule has 2 aromatic heterocycles. The first-order valence-electron chi connectivity index (χ1n) is 7.54. The number of rotatable bonds is 2. The quantitative estimate of drug-likeness (QED) is 0.507. The van der Waals surface area contributed by atoms with Crippen LogP contribution in [-0.4, -0.2) is 30.7 Å². The zero-order chi connectivity index (χ0) is 18.4. The van der Waals surface area contributed by atoms with Gasteiger partial charge in [-0.15, -0.1) is 0 Å². The van der Waals surface area contributed by atoms with E-state index in [-0.39, 0.29) is 16.9 Å². The van der Waals surface area contributed by atoms with Crippen LogP contribution in [0.2, 0.25) is 0 Å². The van der Waals surface area contributed by atoms with Crippen LogP contribution in [-0.2, 0) is 0 Å². The highest BCUT2D eigenvalue weighted by atomic mass is 16.4. The molecule has 0 bridgehead atoms. The number of nitrogens with two attached hydrogens (primary N) is 1. The lowest BCUT2D eigenvalue weighted by Crippen LogP contribution is -2.03. The molecular formula is C18H11N5O3. The van der Waals surface area contributed by atoms with Crippen molar-refractivity contribution in [3.63, 3.8) is 0 Å². The molecule has 0 aliphatic carbocycles.